The molecule has 1 atom stereocenters. The van der Waals surface area contributed by atoms with E-state index in [1.165, 1.54) is 7.11 Å². The van der Waals surface area contributed by atoms with Gasteiger partial charge in [-0.25, -0.2) is 9.18 Å². The molecule has 6 heteroatoms. The number of methoxy groups -OCH3 is 1. The van der Waals surface area contributed by atoms with Gasteiger partial charge in [0.15, 0.2) is 5.75 Å². The number of hydrogen-bond acceptors (Lipinski definition) is 4. The number of halogens is 2. The number of fused-ring (bicyclic) bond motifs is 1. The summed E-state index contributed by atoms with van der Waals surface area (Å²) in [7, 11) is 1.25. The fourth-order valence-corrected chi connectivity index (χ4v) is 2.08. The van der Waals surface area contributed by atoms with Gasteiger partial charge >= 0.3 is 5.97 Å². The summed E-state index contributed by atoms with van der Waals surface area (Å²) in [6, 6.07) is 1.17. The van der Waals surface area contributed by atoms with Crippen molar-refractivity contribution < 1.29 is 18.7 Å². The number of carbonyl (C=O) groups is 1. The third-order valence-electron chi connectivity index (χ3n) is 2.45. The minimum absolute atomic E-state index is 0.0447. The van der Waals surface area contributed by atoms with Gasteiger partial charge in [0.05, 0.1) is 28.9 Å². The van der Waals surface area contributed by atoms with E-state index >= 15 is 0 Å². The highest BCUT2D eigenvalue weighted by atomic mass is 79.9. The minimum atomic E-state index is -0.599. The topological polar surface area (TPSA) is 47.6 Å². The number of carbonyl (C=O) groups excluding carboxylic acids is 1. The van der Waals surface area contributed by atoms with Gasteiger partial charge in [0.1, 0.15) is 12.4 Å². The molecule has 1 heterocycles. The first-order chi connectivity index (χ1) is 8.04. The number of hydrogen-bond donors (Lipinski definition) is 1. The maximum Gasteiger partial charge on any atom is 0.340 e. The third kappa shape index (κ3) is 2.09. The van der Waals surface area contributed by atoms with Gasteiger partial charge in [-0.1, -0.05) is 0 Å². The Kier molecular flexibility index (Phi) is 3.24. The van der Waals surface area contributed by atoms with Crippen LogP contribution in [0, 0.1) is 5.82 Å². The second kappa shape index (κ2) is 4.52. The zero-order chi connectivity index (χ0) is 12.6. The molecule has 4 nitrogen and oxygen atoms in total. The quantitative estimate of drug-likeness (QED) is 0.810. The number of ether oxygens (including phenoxy) is 2. The summed E-state index contributed by atoms with van der Waals surface area (Å²) in [5, 5.41) is 3.09. The molecule has 0 aromatic heterocycles. The van der Waals surface area contributed by atoms with Crippen LogP contribution in [0.25, 0.3) is 0 Å². The molecule has 0 aliphatic carbocycles. The molecule has 0 amide bonds. The molecule has 0 saturated heterocycles. The van der Waals surface area contributed by atoms with Gasteiger partial charge in [-0.15, -0.1) is 0 Å². The van der Waals surface area contributed by atoms with Crippen LogP contribution in [0.2, 0.25) is 0 Å². The number of rotatable bonds is 1. The van der Waals surface area contributed by atoms with Crippen molar-refractivity contribution in [3.63, 3.8) is 0 Å². The lowest BCUT2D eigenvalue weighted by Crippen LogP contribution is -2.30. The Labute approximate surface area is 106 Å². The van der Waals surface area contributed by atoms with E-state index in [0.29, 0.717) is 18.0 Å². The fraction of sp³-hybridized carbons (Fsp3) is 0.364. The average Bonchev–Trinajstić information content (AvgIpc) is 2.32. The Morgan fingerprint density at radius 1 is 1.71 bits per heavy atom. The Morgan fingerprint density at radius 2 is 2.41 bits per heavy atom. The van der Waals surface area contributed by atoms with E-state index in [-0.39, 0.29) is 16.1 Å². The van der Waals surface area contributed by atoms with Crippen LogP contribution < -0.4 is 10.1 Å². The van der Waals surface area contributed by atoms with Gasteiger partial charge in [-0.05, 0) is 28.9 Å². The van der Waals surface area contributed by atoms with E-state index in [2.05, 4.69) is 26.0 Å². The maximum absolute atomic E-state index is 13.6. The molecular formula is C11H11BrFNO3. The SMILES string of the molecule is COC(=O)c1cc(F)c(Br)c2c1NC(C)CO2. The van der Waals surface area contributed by atoms with Crippen molar-refractivity contribution in [3.8, 4) is 5.75 Å². The molecule has 2 rings (SSSR count). The lowest BCUT2D eigenvalue weighted by Gasteiger charge is -2.27. The molecule has 1 aliphatic heterocycles. The first kappa shape index (κ1) is 12.2. The highest BCUT2D eigenvalue weighted by Crippen LogP contribution is 2.41. The van der Waals surface area contributed by atoms with E-state index in [1.807, 2.05) is 6.92 Å². The molecule has 17 heavy (non-hydrogen) atoms. The number of esters is 1. The monoisotopic (exact) mass is 303 g/mol. The zero-order valence-corrected chi connectivity index (χ0v) is 10.9. The predicted octanol–water partition coefficient (Wildman–Crippen LogP) is 2.57. The highest BCUT2D eigenvalue weighted by Gasteiger charge is 2.27. The molecule has 1 N–H and O–H groups in total. The van der Waals surface area contributed by atoms with Crippen molar-refractivity contribution >= 4 is 27.6 Å². The van der Waals surface area contributed by atoms with Crippen molar-refractivity contribution in [2.24, 2.45) is 0 Å². The summed E-state index contributed by atoms with van der Waals surface area (Å²) in [6.07, 6.45) is 0. The van der Waals surface area contributed by atoms with E-state index in [4.69, 9.17) is 4.74 Å². The van der Waals surface area contributed by atoms with Crippen LogP contribution in [0.15, 0.2) is 10.5 Å². The summed E-state index contributed by atoms with van der Waals surface area (Å²) < 4.78 is 23.8. The molecule has 1 unspecified atom stereocenters. The summed E-state index contributed by atoms with van der Waals surface area (Å²) in [5.74, 6) is -0.846. The van der Waals surface area contributed by atoms with Gasteiger partial charge in [-0.3, -0.25) is 0 Å². The first-order valence-electron chi connectivity index (χ1n) is 5.04. The van der Waals surface area contributed by atoms with Crippen LogP contribution in [-0.2, 0) is 4.74 Å². The van der Waals surface area contributed by atoms with Crippen molar-refractivity contribution in [3.05, 3.63) is 21.9 Å². The number of benzene rings is 1. The van der Waals surface area contributed by atoms with Crippen LogP contribution in [0.4, 0.5) is 10.1 Å². The molecule has 1 aromatic carbocycles. The molecule has 1 aliphatic rings. The molecule has 92 valence electrons. The lowest BCUT2D eigenvalue weighted by atomic mass is 10.1. The molecule has 0 saturated carbocycles. The third-order valence-corrected chi connectivity index (χ3v) is 3.19. The van der Waals surface area contributed by atoms with Crippen molar-refractivity contribution in [2.75, 3.05) is 19.0 Å². The van der Waals surface area contributed by atoms with Crippen LogP contribution in [0.5, 0.6) is 5.75 Å². The van der Waals surface area contributed by atoms with Gasteiger partial charge in [0, 0.05) is 0 Å². The van der Waals surface area contributed by atoms with Gasteiger partial charge in [0.25, 0.3) is 0 Å². The summed E-state index contributed by atoms with van der Waals surface area (Å²) >= 11 is 3.10. The summed E-state index contributed by atoms with van der Waals surface area (Å²) in [4.78, 5) is 11.6. The lowest BCUT2D eigenvalue weighted by molar-refractivity contribution is 0.0600. The molecule has 0 fully saturated rings. The molecule has 1 aromatic rings. The van der Waals surface area contributed by atoms with Crippen LogP contribution >= 0.6 is 15.9 Å². The zero-order valence-electron chi connectivity index (χ0n) is 9.34. The minimum Gasteiger partial charge on any atom is -0.488 e. The predicted molar refractivity (Wildman–Crippen MR) is 64.0 cm³/mol. The second-order valence-corrected chi connectivity index (χ2v) is 4.57. The summed E-state index contributed by atoms with van der Waals surface area (Å²) in [6.45, 7) is 2.32. The van der Waals surface area contributed by atoms with Gasteiger partial charge in [0.2, 0.25) is 0 Å². The average molecular weight is 304 g/mol. The number of anilines is 1. The van der Waals surface area contributed by atoms with Crippen molar-refractivity contribution in [2.45, 2.75) is 13.0 Å². The Morgan fingerprint density at radius 3 is 3.06 bits per heavy atom. The van der Waals surface area contributed by atoms with E-state index in [9.17, 15) is 9.18 Å². The molecule has 0 radical (unpaired) electrons. The van der Waals surface area contributed by atoms with Crippen molar-refractivity contribution in [1.82, 2.24) is 0 Å². The molecular weight excluding hydrogens is 293 g/mol. The van der Waals surface area contributed by atoms with E-state index in [0.717, 1.165) is 6.07 Å². The van der Waals surface area contributed by atoms with E-state index < -0.39 is 11.8 Å². The summed E-state index contributed by atoms with van der Waals surface area (Å²) in [5.41, 5.74) is 0.596. The van der Waals surface area contributed by atoms with Gasteiger partial charge in [-0.2, -0.15) is 0 Å². The van der Waals surface area contributed by atoms with Crippen LogP contribution in [0.1, 0.15) is 17.3 Å². The first-order valence-corrected chi connectivity index (χ1v) is 5.83. The standard InChI is InChI=1S/C11H11BrFNO3/c1-5-4-17-10-8(12)7(13)3-6(9(10)14-5)11(15)16-2/h3,5,14H,4H2,1-2H3. The Hall–Kier alpha value is -1.30. The van der Waals surface area contributed by atoms with Crippen LogP contribution in [0.3, 0.4) is 0 Å². The number of nitrogens with one attached hydrogen (secondary N) is 1. The normalized spacial score (nSPS) is 17.8. The molecule has 0 bridgehead atoms. The van der Waals surface area contributed by atoms with E-state index in [1.54, 1.807) is 0 Å². The largest absolute Gasteiger partial charge is 0.488 e. The Bertz CT molecular complexity index is 478. The smallest absolute Gasteiger partial charge is 0.340 e. The fourth-order valence-electron chi connectivity index (χ4n) is 1.65. The highest BCUT2D eigenvalue weighted by molar-refractivity contribution is 9.10. The van der Waals surface area contributed by atoms with Gasteiger partial charge < -0.3 is 14.8 Å². The molecule has 0 spiro atoms. The Balaban J connectivity index is 2.60. The van der Waals surface area contributed by atoms with Crippen molar-refractivity contribution in [1.29, 1.82) is 0 Å². The van der Waals surface area contributed by atoms with Crippen LogP contribution in [-0.4, -0.2) is 25.7 Å². The second-order valence-electron chi connectivity index (χ2n) is 3.77. The maximum atomic E-state index is 13.6.